The number of carbonyl (C=O) groups excluding carboxylic acids is 1. The fourth-order valence-corrected chi connectivity index (χ4v) is 5.29. The highest BCUT2D eigenvalue weighted by molar-refractivity contribution is 6.35. The van der Waals surface area contributed by atoms with E-state index in [-0.39, 0.29) is 23.0 Å². The maximum absolute atomic E-state index is 14.7. The summed E-state index contributed by atoms with van der Waals surface area (Å²) in [6.45, 7) is 7.89. The van der Waals surface area contributed by atoms with Crippen molar-refractivity contribution in [1.82, 2.24) is 20.4 Å². The normalized spacial score (nSPS) is 17.9. The Bertz CT molecular complexity index is 1490. The van der Waals surface area contributed by atoms with E-state index < -0.39 is 5.82 Å². The van der Waals surface area contributed by atoms with Crippen LogP contribution in [0.4, 0.5) is 4.39 Å². The summed E-state index contributed by atoms with van der Waals surface area (Å²) in [5.74, 6) is 0.0853. The van der Waals surface area contributed by atoms with Gasteiger partial charge in [0.1, 0.15) is 11.6 Å². The molecule has 0 spiro atoms. The largest absolute Gasteiger partial charge is 0.492 e. The molecule has 6 nitrogen and oxygen atoms in total. The number of amides is 1. The minimum atomic E-state index is -0.416. The second-order valence-corrected chi connectivity index (χ2v) is 10.0. The van der Waals surface area contributed by atoms with E-state index in [1.165, 1.54) is 12.1 Å². The van der Waals surface area contributed by atoms with Gasteiger partial charge in [0.05, 0.1) is 22.8 Å². The highest BCUT2D eigenvalue weighted by Gasteiger charge is 2.25. The van der Waals surface area contributed by atoms with Gasteiger partial charge in [-0.05, 0) is 74.4 Å². The second kappa shape index (κ2) is 11.0. The van der Waals surface area contributed by atoms with Crippen molar-refractivity contribution in [2.75, 3.05) is 19.7 Å². The van der Waals surface area contributed by atoms with Gasteiger partial charge in [-0.25, -0.2) is 4.39 Å². The number of rotatable bonds is 6. The van der Waals surface area contributed by atoms with E-state index >= 15 is 0 Å². The lowest BCUT2D eigenvalue weighted by molar-refractivity contribution is 0.0674. The third-order valence-electron chi connectivity index (χ3n) is 6.67. The molecule has 3 aromatic carbocycles. The van der Waals surface area contributed by atoms with Gasteiger partial charge < -0.3 is 15.0 Å². The van der Waals surface area contributed by atoms with Crippen LogP contribution in [0, 0.1) is 5.82 Å². The molecule has 1 amide bonds. The molecule has 4 aromatic rings. The number of nitrogens with zero attached hydrogens (tertiary/aromatic N) is 2. The minimum absolute atomic E-state index is 0.0539. The zero-order chi connectivity index (χ0) is 26.8. The van der Waals surface area contributed by atoms with Crippen LogP contribution in [-0.2, 0) is 0 Å². The zero-order valence-electron chi connectivity index (χ0n) is 21.6. The smallest absolute Gasteiger partial charge is 0.253 e. The number of hydrogen-bond acceptors (Lipinski definition) is 4. The van der Waals surface area contributed by atoms with Crippen LogP contribution in [0.2, 0.25) is 5.02 Å². The first-order valence-electron chi connectivity index (χ1n) is 12.8. The summed E-state index contributed by atoms with van der Waals surface area (Å²) < 4.78 is 20.2. The highest BCUT2D eigenvalue weighted by Crippen LogP contribution is 2.38. The number of halogens is 2. The van der Waals surface area contributed by atoms with Crippen molar-refractivity contribution in [2.24, 2.45) is 0 Å². The van der Waals surface area contributed by atoms with Crippen molar-refractivity contribution >= 4 is 40.6 Å². The van der Waals surface area contributed by atoms with Gasteiger partial charge in [0.2, 0.25) is 0 Å². The maximum atomic E-state index is 14.7. The molecule has 1 aliphatic rings. The van der Waals surface area contributed by atoms with E-state index in [0.717, 1.165) is 22.2 Å². The van der Waals surface area contributed by atoms with Crippen LogP contribution < -0.4 is 10.1 Å². The second-order valence-electron chi connectivity index (χ2n) is 9.67. The summed E-state index contributed by atoms with van der Waals surface area (Å²) in [6, 6.07) is 16.6. The zero-order valence-corrected chi connectivity index (χ0v) is 22.3. The Hall–Kier alpha value is -3.68. The van der Waals surface area contributed by atoms with Crippen LogP contribution in [0.25, 0.3) is 34.2 Å². The fraction of sp³-hybridized carbons (Fsp3) is 0.267. The molecule has 0 unspecified atom stereocenters. The van der Waals surface area contributed by atoms with Gasteiger partial charge in [0.15, 0.2) is 0 Å². The minimum Gasteiger partial charge on any atom is -0.492 e. The van der Waals surface area contributed by atoms with Crippen molar-refractivity contribution < 1.29 is 13.9 Å². The molecule has 2 heterocycles. The van der Waals surface area contributed by atoms with Crippen molar-refractivity contribution in [3.05, 3.63) is 82.3 Å². The van der Waals surface area contributed by atoms with Crippen LogP contribution in [0.15, 0.2) is 54.6 Å². The molecular formula is C30H30ClFN4O2. The quantitative estimate of drug-likeness (QED) is 0.301. The number of hydrogen-bond donors (Lipinski definition) is 2. The first-order valence-corrected chi connectivity index (χ1v) is 13.1. The molecule has 1 fully saturated rings. The number of aromatic amines is 1. The topological polar surface area (TPSA) is 70.2 Å². The van der Waals surface area contributed by atoms with E-state index in [1.807, 2.05) is 66.4 Å². The molecule has 5 rings (SSSR count). The Morgan fingerprint density at radius 1 is 1.11 bits per heavy atom. The number of H-pyrrole nitrogens is 1. The summed E-state index contributed by atoms with van der Waals surface area (Å²) in [5.41, 5.74) is 4.09. The average Bonchev–Trinajstić information content (AvgIpc) is 3.31. The Morgan fingerprint density at radius 3 is 2.55 bits per heavy atom. The third-order valence-corrected chi connectivity index (χ3v) is 7.05. The van der Waals surface area contributed by atoms with Crippen molar-refractivity contribution in [1.29, 1.82) is 0 Å². The monoisotopic (exact) mass is 532 g/mol. The van der Waals surface area contributed by atoms with Crippen LogP contribution in [0.5, 0.6) is 5.75 Å². The summed E-state index contributed by atoms with van der Waals surface area (Å²) in [6.07, 6.45) is 3.87. The lowest BCUT2D eigenvalue weighted by Crippen LogP contribution is -2.55. The average molecular weight is 533 g/mol. The molecule has 8 heteroatoms. The molecule has 0 saturated carbocycles. The molecule has 1 aromatic heterocycles. The number of nitrogens with one attached hydrogen (secondary N) is 2. The van der Waals surface area contributed by atoms with Gasteiger partial charge in [-0.2, -0.15) is 5.10 Å². The van der Waals surface area contributed by atoms with Crippen LogP contribution in [0.1, 0.15) is 42.4 Å². The van der Waals surface area contributed by atoms with Crippen LogP contribution >= 0.6 is 11.6 Å². The molecule has 2 atom stereocenters. The van der Waals surface area contributed by atoms with Gasteiger partial charge in [-0.1, -0.05) is 35.9 Å². The Kier molecular flexibility index (Phi) is 7.49. The van der Waals surface area contributed by atoms with E-state index in [0.29, 0.717) is 42.1 Å². The number of aromatic nitrogens is 2. The number of piperazine rings is 1. The van der Waals surface area contributed by atoms with E-state index in [9.17, 15) is 9.18 Å². The Balaban J connectivity index is 1.34. The molecule has 1 aliphatic heterocycles. The first kappa shape index (κ1) is 25.9. The van der Waals surface area contributed by atoms with Crippen LogP contribution in [-0.4, -0.2) is 52.8 Å². The molecule has 2 N–H and O–H groups in total. The van der Waals surface area contributed by atoms with Crippen molar-refractivity contribution in [3.63, 3.8) is 0 Å². The van der Waals surface area contributed by atoms with Crippen molar-refractivity contribution in [2.45, 2.75) is 32.9 Å². The van der Waals surface area contributed by atoms with Gasteiger partial charge in [0, 0.05) is 41.7 Å². The summed E-state index contributed by atoms with van der Waals surface area (Å²) >= 11 is 6.46. The number of ether oxygens (including phenoxy) is 1. The standard InChI is InChI=1S/C30H30ClFN4O2/c1-4-38-27-14-12-24(32)28(29(27)31)22-10-11-23-25(34-35-26(23)15-22)13-7-20-5-8-21(9-6-20)30(37)36-16-18(2)33-19(3)17-36/h5-15,18-19,33H,4,16-17H2,1-3H3,(H,34,35)/b13-7+/t18-,19+. The molecule has 0 aliphatic carbocycles. The highest BCUT2D eigenvalue weighted by atomic mass is 35.5. The van der Waals surface area contributed by atoms with E-state index in [2.05, 4.69) is 29.4 Å². The van der Waals surface area contributed by atoms with Gasteiger partial charge in [-0.15, -0.1) is 0 Å². The van der Waals surface area contributed by atoms with Gasteiger partial charge >= 0.3 is 0 Å². The molecule has 1 saturated heterocycles. The summed E-state index contributed by atoms with van der Waals surface area (Å²) in [5, 5.41) is 12.1. The summed E-state index contributed by atoms with van der Waals surface area (Å²) in [7, 11) is 0. The van der Waals surface area contributed by atoms with E-state index in [4.69, 9.17) is 16.3 Å². The third kappa shape index (κ3) is 5.30. The maximum Gasteiger partial charge on any atom is 0.253 e. The lowest BCUT2D eigenvalue weighted by atomic mass is 10.0. The Morgan fingerprint density at radius 2 is 1.84 bits per heavy atom. The van der Waals surface area contributed by atoms with Gasteiger partial charge in [0.25, 0.3) is 5.91 Å². The molecular weight excluding hydrogens is 503 g/mol. The number of benzene rings is 3. The molecule has 38 heavy (non-hydrogen) atoms. The first-order chi connectivity index (χ1) is 18.3. The van der Waals surface area contributed by atoms with E-state index in [1.54, 1.807) is 0 Å². The fourth-order valence-electron chi connectivity index (χ4n) is 4.98. The Labute approximate surface area is 226 Å². The predicted molar refractivity (Wildman–Crippen MR) is 151 cm³/mol. The molecule has 0 radical (unpaired) electrons. The lowest BCUT2D eigenvalue weighted by Gasteiger charge is -2.36. The molecule has 196 valence electrons. The van der Waals surface area contributed by atoms with Crippen LogP contribution in [0.3, 0.4) is 0 Å². The predicted octanol–water partition coefficient (Wildman–Crippen LogP) is 6.41. The molecule has 0 bridgehead atoms. The number of fused-ring (bicyclic) bond motifs is 1. The number of carbonyl (C=O) groups is 1. The van der Waals surface area contributed by atoms with Gasteiger partial charge in [-0.3, -0.25) is 9.89 Å². The SMILES string of the molecule is CCOc1ccc(F)c(-c2ccc3c(/C=C/c4ccc(C(=O)N5C[C@@H](C)N[C@@H](C)C5)cc4)n[nH]c3c2)c1Cl. The summed E-state index contributed by atoms with van der Waals surface area (Å²) in [4.78, 5) is 14.9. The van der Waals surface area contributed by atoms with Crippen molar-refractivity contribution in [3.8, 4) is 16.9 Å².